The van der Waals surface area contributed by atoms with Gasteiger partial charge in [-0.25, -0.2) is 23.3 Å². The summed E-state index contributed by atoms with van der Waals surface area (Å²) < 4.78 is 28.4. The van der Waals surface area contributed by atoms with Gasteiger partial charge in [-0.1, -0.05) is 24.3 Å². The highest BCUT2D eigenvalue weighted by Crippen LogP contribution is 2.22. The SMILES string of the molecule is NS(=O)(=O)c1ccc(CCNC(=O)COC(=O)/C=C/c2nc3ccccc3s2)cc1. The van der Waals surface area contributed by atoms with Crippen LogP contribution < -0.4 is 10.5 Å². The maximum atomic E-state index is 11.8. The zero-order chi connectivity index (χ0) is 21.6. The molecule has 8 nitrogen and oxygen atoms in total. The molecule has 0 aliphatic heterocycles. The van der Waals surface area contributed by atoms with E-state index in [1.165, 1.54) is 29.5 Å². The molecular weight excluding hydrogens is 426 g/mol. The predicted octanol–water partition coefficient (Wildman–Crippen LogP) is 1.86. The average molecular weight is 446 g/mol. The number of sulfonamides is 1. The Kier molecular flexibility index (Phi) is 6.93. The Bertz CT molecular complexity index is 1150. The summed E-state index contributed by atoms with van der Waals surface area (Å²) in [6.45, 7) is -0.0833. The van der Waals surface area contributed by atoms with Crippen LogP contribution >= 0.6 is 11.3 Å². The molecule has 0 aliphatic carbocycles. The van der Waals surface area contributed by atoms with Crippen LogP contribution in [0.15, 0.2) is 59.5 Å². The number of aromatic nitrogens is 1. The molecule has 1 amide bonds. The molecule has 0 bridgehead atoms. The second-order valence-electron chi connectivity index (χ2n) is 6.25. The number of thiazole rings is 1. The number of fused-ring (bicyclic) bond motifs is 1. The van der Waals surface area contributed by atoms with Crippen molar-refractivity contribution in [3.8, 4) is 0 Å². The molecule has 0 aliphatic rings. The van der Waals surface area contributed by atoms with E-state index in [1.807, 2.05) is 24.3 Å². The fourth-order valence-corrected chi connectivity index (χ4v) is 3.91. The molecule has 0 atom stereocenters. The molecule has 30 heavy (non-hydrogen) atoms. The van der Waals surface area contributed by atoms with Gasteiger partial charge in [-0.15, -0.1) is 11.3 Å². The van der Waals surface area contributed by atoms with Gasteiger partial charge in [0.2, 0.25) is 10.0 Å². The van der Waals surface area contributed by atoms with Gasteiger partial charge in [0, 0.05) is 12.6 Å². The second kappa shape index (κ2) is 9.61. The van der Waals surface area contributed by atoms with Gasteiger partial charge in [0.1, 0.15) is 5.01 Å². The van der Waals surface area contributed by atoms with Crippen LogP contribution in [0.5, 0.6) is 0 Å². The standard InChI is InChI=1S/C20H19N3O5S2/c21-30(26,27)15-7-5-14(6-8-15)11-12-22-18(24)13-28-20(25)10-9-19-23-16-3-1-2-4-17(16)29-19/h1-10H,11-13H2,(H,22,24)(H2,21,26,27)/b10-9+. The van der Waals surface area contributed by atoms with Gasteiger partial charge in [0.15, 0.2) is 6.61 Å². The predicted molar refractivity (Wildman–Crippen MR) is 114 cm³/mol. The van der Waals surface area contributed by atoms with Crippen LogP contribution in [-0.4, -0.2) is 38.4 Å². The minimum absolute atomic E-state index is 0.0288. The van der Waals surface area contributed by atoms with Crippen molar-refractivity contribution in [3.05, 3.63) is 65.2 Å². The van der Waals surface area contributed by atoms with Crippen molar-refractivity contribution in [2.75, 3.05) is 13.2 Å². The molecule has 0 saturated heterocycles. The van der Waals surface area contributed by atoms with Gasteiger partial charge in [-0.05, 0) is 42.3 Å². The first-order chi connectivity index (χ1) is 14.3. The number of nitrogens with one attached hydrogen (secondary N) is 1. The lowest BCUT2D eigenvalue weighted by molar-refractivity contribution is -0.143. The number of rotatable bonds is 8. The maximum absolute atomic E-state index is 11.8. The first kappa shape index (κ1) is 21.6. The summed E-state index contributed by atoms with van der Waals surface area (Å²) in [5, 5.41) is 8.34. The van der Waals surface area contributed by atoms with E-state index in [-0.39, 0.29) is 4.90 Å². The molecule has 0 unspecified atom stereocenters. The summed E-state index contributed by atoms with van der Waals surface area (Å²) in [6, 6.07) is 13.7. The third-order valence-electron chi connectivity index (χ3n) is 4.01. The molecule has 156 valence electrons. The number of nitrogens with zero attached hydrogens (tertiary/aromatic N) is 1. The van der Waals surface area contributed by atoms with Gasteiger partial charge in [-0.2, -0.15) is 0 Å². The van der Waals surface area contributed by atoms with E-state index >= 15 is 0 Å². The Morgan fingerprint density at radius 3 is 2.57 bits per heavy atom. The van der Waals surface area contributed by atoms with Crippen molar-refractivity contribution in [3.63, 3.8) is 0 Å². The number of hydrogen-bond acceptors (Lipinski definition) is 7. The molecule has 0 spiro atoms. The van der Waals surface area contributed by atoms with Crippen molar-refractivity contribution in [2.24, 2.45) is 5.14 Å². The molecule has 0 fully saturated rings. The monoisotopic (exact) mass is 445 g/mol. The lowest BCUT2D eigenvalue weighted by Crippen LogP contribution is -2.30. The van der Waals surface area contributed by atoms with E-state index in [0.29, 0.717) is 18.0 Å². The van der Waals surface area contributed by atoms with Crippen molar-refractivity contribution in [1.29, 1.82) is 0 Å². The molecule has 0 radical (unpaired) electrons. The zero-order valence-corrected chi connectivity index (χ0v) is 17.4. The lowest BCUT2D eigenvalue weighted by Gasteiger charge is -2.06. The lowest BCUT2D eigenvalue weighted by atomic mass is 10.1. The summed E-state index contributed by atoms with van der Waals surface area (Å²) in [7, 11) is -3.73. The van der Waals surface area contributed by atoms with E-state index in [1.54, 1.807) is 18.2 Å². The number of carbonyl (C=O) groups is 2. The fourth-order valence-electron chi connectivity index (χ4n) is 2.53. The van der Waals surface area contributed by atoms with Gasteiger partial charge in [0.25, 0.3) is 5.91 Å². The third kappa shape index (κ3) is 6.21. The van der Waals surface area contributed by atoms with Crippen LogP contribution in [0.1, 0.15) is 10.6 Å². The molecule has 1 heterocycles. The highest BCUT2D eigenvalue weighted by atomic mass is 32.2. The van der Waals surface area contributed by atoms with Crippen LogP contribution in [0, 0.1) is 0 Å². The Labute approximate surface area is 177 Å². The van der Waals surface area contributed by atoms with Gasteiger partial charge in [-0.3, -0.25) is 4.79 Å². The average Bonchev–Trinajstić information content (AvgIpc) is 3.13. The number of carbonyl (C=O) groups excluding carboxylic acids is 2. The van der Waals surface area contributed by atoms with Gasteiger partial charge < -0.3 is 10.1 Å². The molecule has 2 aromatic carbocycles. The molecule has 3 rings (SSSR count). The van der Waals surface area contributed by atoms with E-state index in [4.69, 9.17) is 9.88 Å². The maximum Gasteiger partial charge on any atom is 0.331 e. The molecular formula is C20H19N3O5S2. The topological polar surface area (TPSA) is 128 Å². The largest absolute Gasteiger partial charge is 0.452 e. The Morgan fingerprint density at radius 1 is 1.13 bits per heavy atom. The Morgan fingerprint density at radius 2 is 1.87 bits per heavy atom. The van der Waals surface area contributed by atoms with Crippen LogP contribution in [0.2, 0.25) is 0 Å². The summed E-state index contributed by atoms with van der Waals surface area (Å²) in [5.74, 6) is -1.07. The van der Waals surface area contributed by atoms with Crippen LogP contribution in [-0.2, 0) is 30.8 Å². The molecule has 3 aromatic rings. The molecule has 10 heteroatoms. The van der Waals surface area contributed by atoms with Gasteiger partial charge in [0.05, 0.1) is 15.1 Å². The van der Waals surface area contributed by atoms with Crippen LogP contribution in [0.25, 0.3) is 16.3 Å². The van der Waals surface area contributed by atoms with Crippen LogP contribution in [0.3, 0.4) is 0 Å². The van der Waals surface area contributed by atoms with Crippen molar-refractivity contribution in [2.45, 2.75) is 11.3 Å². The molecule has 0 saturated carbocycles. The number of nitrogens with two attached hydrogens (primary N) is 1. The summed E-state index contributed by atoms with van der Waals surface area (Å²) >= 11 is 1.45. The molecule has 1 aromatic heterocycles. The zero-order valence-electron chi connectivity index (χ0n) is 15.8. The highest BCUT2D eigenvalue weighted by Gasteiger charge is 2.08. The van der Waals surface area contributed by atoms with Crippen molar-refractivity contribution < 1.29 is 22.7 Å². The first-order valence-corrected chi connectivity index (χ1v) is 11.3. The number of hydrogen-bond donors (Lipinski definition) is 2. The number of benzene rings is 2. The minimum atomic E-state index is -3.73. The second-order valence-corrected chi connectivity index (χ2v) is 8.87. The van der Waals surface area contributed by atoms with E-state index in [2.05, 4.69) is 10.3 Å². The summed E-state index contributed by atoms with van der Waals surface area (Å²) in [6.07, 6.45) is 3.27. The summed E-state index contributed by atoms with van der Waals surface area (Å²) in [4.78, 5) is 28.0. The first-order valence-electron chi connectivity index (χ1n) is 8.90. The van der Waals surface area contributed by atoms with E-state index in [9.17, 15) is 18.0 Å². The Hall–Kier alpha value is -3.08. The van der Waals surface area contributed by atoms with Crippen molar-refractivity contribution in [1.82, 2.24) is 10.3 Å². The smallest absolute Gasteiger partial charge is 0.331 e. The van der Waals surface area contributed by atoms with Crippen LogP contribution in [0.4, 0.5) is 0 Å². The third-order valence-corrected chi connectivity index (χ3v) is 5.94. The van der Waals surface area contributed by atoms with E-state index < -0.39 is 28.5 Å². The van der Waals surface area contributed by atoms with Gasteiger partial charge >= 0.3 is 5.97 Å². The number of para-hydroxylation sites is 1. The number of ether oxygens (including phenoxy) is 1. The minimum Gasteiger partial charge on any atom is -0.452 e. The summed E-state index contributed by atoms with van der Waals surface area (Å²) in [5.41, 5.74) is 1.69. The number of esters is 1. The quantitative estimate of drug-likeness (QED) is 0.402. The molecule has 3 N–H and O–H groups in total. The van der Waals surface area contributed by atoms with E-state index in [0.717, 1.165) is 15.8 Å². The van der Waals surface area contributed by atoms with Crippen molar-refractivity contribution >= 4 is 49.5 Å². The number of amides is 1. The normalized spacial score (nSPS) is 11.6. The Balaban J connectivity index is 1.39. The number of primary sulfonamides is 1. The highest BCUT2D eigenvalue weighted by molar-refractivity contribution is 7.89. The fraction of sp³-hybridized carbons (Fsp3) is 0.150.